The van der Waals surface area contributed by atoms with Crippen LogP contribution in [0.3, 0.4) is 0 Å². The molecule has 0 aliphatic rings. The van der Waals surface area contributed by atoms with Crippen LogP contribution in [-0.2, 0) is 4.74 Å². The Hall–Kier alpha value is -0.980. The second-order valence-corrected chi connectivity index (χ2v) is 4.87. The molecule has 7 heteroatoms. The molecule has 0 saturated heterocycles. The maximum Gasteiger partial charge on any atom is 0.411 e. The fourth-order valence-electron chi connectivity index (χ4n) is 1.92. The molecule has 1 rings (SSSR count). The summed E-state index contributed by atoms with van der Waals surface area (Å²) in [5, 5.41) is 3.70. The highest BCUT2D eigenvalue weighted by molar-refractivity contribution is 6.32. The van der Waals surface area contributed by atoms with Gasteiger partial charge in [-0.15, -0.1) is 0 Å². The molecule has 3 nitrogen and oxygen atoms in total. The number of hydrogen-bond donors (Lipinski definition) is 1. The van der Waals surface area contributed by atoms with Crippen LogP contribution in [0.5, 0.6) is 5.75 Å². The third-order valence-electron chi connectivity index (χ3n) is 2.84. The minimum atomic E-state index is -4.29. The standard InChI is InChI=1S/C14H19ClF3NO2/c1-3-19-12(6-7-21-9-14(16,17)18)10-4-5-11(15)13(8-10)20-2/h4-5,8,12,19H,3,6-7,9H2,1-2H3. The van der Waals surface area contributed by atoms with Crippen LogP contribution in [-0.4, -0.2) is 33.0 Å². The number of alkyl halides is 3. The lowest BCUT2D eigenvalue weighted by atomic mass is 10.0. The van der Waals surface area contributed by atoms with Crippen molar-refractivity contribution in [2.45, 2.75) is 25.6 Å². The van der Waals surface area contributed by atoms with E-state index in [1.54, 1.807) is 12.1 Å². The molecule has 0 amide bonds. The molecule has 0 saturated carbocycles. The van der Waals surface area contributed by atoms with Crippen LogP contribution in [0.1, 0.15) is 24.9 Å². The highest BCUT2D eigenvalue weighted by atomic mass is 35.5. The van der Waals surface area contributed by atoms with Gasteiger partial charge < -0.3 is 14.8 Å². The van der Waals surface area contributed by atoms with Crippen molar-refractivity contribution in [2.75, 3.05) is 26.9 Å². The number of rotatable bonds is 8. The number of halogens is 4. The van der Waals surface area contributed by atoms with Crippen LogP contribution in [0, 0.1) is 0 Å². The molecule has 120 valence electrons. The quantitative estimate of drug-likeness (QED) is 0.734. The SMILES string of the molecule is CCNC(CCOCC(F)(F)F)c1ccc(Cl)c(OC)c1. The average molecular weight is 326 g/mol. The van der Waals surface area contributed by atoms with E-state index in [4.69, 9.17) is 16.3 Å². The summed E-state index contributed by atoms with van der Waals surface area (Å²) >= 11 is 5.96. The minimum Gasteiger partial charge on any atom is -0.495 e. The molecule has 0 spiro atoms. The summed E-state index contributed by atoms with van der Waals surface area (Å²) in [5.74, 6) is 0.535. The predicted molar refractivity (Wildman–Crippen MR) is 75.9 cm³/mol. The fraction of sp³-hybridized carbons (Fsp3) is 0.571. The van der Waals surface area contributed by atoms with Crippen LogP contribution in [0.15, 0.2) is 18.2 Å². The normalized spacial score (nSPS) is 13.2. The zero-order valence-electron chi connectivity index (χ0n) is 12.0. The van der Waals surface area contributed by atoms with Gasteiger partial charge >= 0.3 is 6.18 Å². The first-order valence-corrected chi connectivity index (χ1v) is 6.96. The van der Waals surface area contributed by atoms with Crippen molar-refractivity contribution in [1.82, 2.24) is 5.32 Å². The first-order chi connectivity index (χ1) is 9.87. The predicted octanol–water partition coefficient (Wildman–Crippen LogP) is 3.97. The summed E-state index contributed by atoms with van der Waals surface area (Å²) in [6.45, 7) is 1.41. The summed E-state index contributed by atoms with van der Waals surface area (Å²) < 4.78 is 45.9. The van der Waals surface area contributed by atoms with Crippen LogP contribution in [0.2, 0.25) is 5.02 Å². The van der Waals surface area contributed by atoms with Gasteiger partial charge in [-0.25, -0.2) is 0 Å². The summed E-state index contributed by atoms with van der Waals surface area (Å²) in [5.41, 5.74) is 0.897. The average Bonchev–Trinajstić information content (AvgIpc) is 2.42. The number of benzene rings is 1. The Morgan fingerprint density at radius 2 is 2.05 bits per heavy atom. The Morgan fingerprint density at radius 3 is 2.62 bits per heavy atom. The Balaban J connectivity index is 2.64. The van der Waals surface area contributed by atoms with Gasteiger partial charge in [0.05, 0.1) is 12.1 Å². The lowest BCUT2D eigenvalue weighted by Gasteiger charge is -2.19. The molecular formula is C14H19ClF3NO2. The van der Waals surface area contributed by atoms with E-state index < -0.39 is 12.8 Å². The van der Waals surface area contributed by atoms with E-state index in [1.165, 1.54) is 7.11 Å². The van der Waals surface area contributed by atoms with E-state index in [0.29, 0.717) is 23.7 Å². The van der Waals surface area contributed by atoms with E-state index in [2.05, 4.69) is 10.1 Å². The van der Waals surface area contributed by atoms with Gasteiger partial charge in [0, 0.05) is 12.6 Å². The van der Waals surface area contributed by atoms with Gasteiger partial charge in [0.25, 0.3) is 0 Å². The Labute approximate surface area is 127 Å². The van der Waals surface area contributed by atoms with Gasteiger partial charge in [-0.2, -0.15) is 13.2 Å². The Bertz CT molecular complexity index is 441. The smallest absolute Gasteiger partial charge is 0.411 e. The molecule has 0 fully saturated rings. The fourth-order valence-corrected chi connectivity index (χ4v) is 2.11. The molecule has 1 aromatic carbocycles. The largest absolute Gasteiger partial charge is 0.495 e. The van der Waals surface area contributed by atoms with Gasteiger partial charge in [-0.05, 0) is 30.7 Å². The van der Waals surface area contributed by atoms with Crippen molar-refractivity contribution in [2.24, 2.45) is 0 Å². The maximum absolute atomic E-state index is 12.0. The van der Waals surface area contributed by atoms with E-state index in [-0.39, 0.29) is 12.6 Å². The molecule has 0 radical (unpaired) electrons. The second kappa shape index (κ2) is 8.46. The molecule has 1 aromatic rings. The molecule has 1 unspecified atom stereocenters. The van der Waals surface area contributed by atoms with Crippen LogP contribution >= 0.6 is 11.6 Å². The molecule has 1 atom stereocenters. The van der Waals surface area contributed by atoms with Crippen molar-refractivity contribution < 1.29 is 22.6 Å². The summed E-state index contributed by atoms with van der Waals surface area (Å²) in [6.07, 6.45) is -3.87. The van der Waals surface area contributed by atoms with Crippen LogP contribution in [0.4, 0.5) is 13.2 Å². The highest BCUT2D eigenvalue weighted by Gasteiger charge is 2.27. The summed E-state index contributed by atoms with van der Waals surface area (Å²) in [6, 6.07) is 5.19. The van der Waals surface area contributed by atoms with E-state index in [1.807, 2.05) is 13.0 Å². The van der Waals surface area contributed by atoms with Gasteiger partial charge in [0.1, 0.15) is 12.4 Å². The molecule has 0 aliphatic carbocycles. The number of nitrogens with one attached hydrogen (secondary N) is 1. The van der Waals surface area contributed by atoms with Crippen molar-refractivity contribution in [3.8, 4) is 5.75 Å². The topological polar surface area (TPSA) is 30.5 Å². The maximum atomic E-state index is 12.0. The van der Waals surface area contributed by atoms with Crippen LogP contribution < -0.4 is 10.1 Å². The first-order valence-electron chi connectivity index (χ1n) is 6.58. The van der Waals surface area contributed by atoms with Gasteiger partial charge in [-0.1, -0.05) is 24.6 Å². The third-order valence-corrected chi connectivity index (χ3v) is 3.16. The molecule has 0 aromatic heterocycles. The lowest BCUT2D eigenvalue weighted by molar-refractivity contribution is -0.174. The molecule has 0 bridgehead atoms. The zero-order valence-corrected chi connectivity index (χ0v) is 12.7. The molecule has 0 heterocycles. The molecule has 21 heavy (non-hydrogen) atoms. The minimum absolute atomic E-state index is 0.0160. The Morgan fingerprint density at radius 1 is 1.33 bits per heavy atom. The van der Waals surface area contributed by atoms with Crippen molar-refractivity contribution in [3.05, 3.63) is 28.8 Å². The number of hydrogen-bond acceptors (Lipinski definition) is 3. The van der Waals surface area contributed by atoms with E-state index in [0.717, 1.165) is 5.56 Å². The van der Waals surface area contributed by atoms with Crippen molar-refractivity contribution in [3.63, 3.8) is 0 Å². The van der Waals surface area contributed by atoms with Gasteiger partial charge in [0.2, 0.25) is 0 Å². The molecular weight excluding hydrogens is 307 g/mol. The molecule has 0 aliphatic heterocycles. The van der Waals surface area contributed by atoms with Crippen molar-refractivity contribution >= 4 is 11.6 Å². The number of methoxy groups -OCH3 is 1. The van der Waals surface area contributed by atoms with E-state index in [9.17, 15) is 13.2 Å². The first kappa shape index (κ1) is 18.1. The zero-order chi connectivity index (χ0) is 15.9. The molecule has 1 N–H and O–H groups in total. The van der Waals surface area contributed by atoms with Crippen molar-refractivity contribution in [1.29, 1.82) is 0 Å². The summed E-state index contributed by atoms with van der Waals surface area (Å²) in [7, 11) is 1.51. The Kier molecular flexibility index (Phi) is 7.28. The summed E-state index contributed by atoms with van der Waals surface area (Å²) in [4.78, 5) is 0. The van der Waals surface area contributed by atoms with E-state index >= 15 is 0 Å². The second-order valence-electron chi connectivity index (χ2n) is 4.46. The van der Waals surface area contributed by atoms with Gasteiger partial charge in [0.15, 0.2) is 0 Å². The van der Waals surface area contributed by atoms with Crippen LogP contribution in [0.25, 0.3) is 0 Å². The van der Waals surface area contributed by atoms with Gasteiger partial charge in [-0.3, -0.25) is 0 Å². The number of ether oxygens (including phenoxy) is 2. The monoisotopic (exact) mass is 325 g/mol. The lowest BCUT2D eigenvalue weighted by Crippen LogP contribution is -2.24. The third kappa shape index (κ3) is 6.54. The highest BCUT2D eigenvalue weighted by Crippen LogP contribution is 2.29.